The molecule has 144 valence electrons. The van der Waals surface area contributed by atoms with Crippen molar-refractivity contribution in [2.75, 3.05) is 13.1 Å². The van der Waals surface area contributed by atoms with Gasteiger partial charge in [-0.1, -0.05) is 17.7 Å². The lowest BCUT2D eigenvalue weighted by atomic mass is 10.0. The van der Waals surface area contributed by atoms with Crippen molar-refractivity contribution in [3.05, 3.63) is 45.4 Å². The van der Waals surface area contributed by atoms with Crippen LogP contribution in [0.25, 0.3) is 0 Å². The first-order valence-corrected chi connectivity index (χ1v) is 9.18. The van der Waals surface area contributed by atoms with Crippen molar-refractivity contribution in [1.29, 1.82) is 0 Å². The normalized spacial score (nSPS) is 24.9. The highest BCUT2D eigenvalue weighted by molar-refractivity contribution is 6.29. The minimum atomic E-state index is -1.68. The van der Waals surface area contributed by atoms with Crippen molar-refractivity contribution >= 4 is 17.5 Å². The molecule has 2 aliphatic rings. The third-order valence-corrected chi connectivity index (χ3v) is 5.20. The van der Waals surface area contributed by atoms with Gasteiger partial charge in [0, 0.05) is 6.42 Å². The van der Waals surface area contributed by atoms with E-state index in [9.17, 15) is 18.4 Å². The Balaban J connectivity index is 1.62. The van der Waals surface area contributed by atoms with Crippen LogP contribution in [0.5, 0.6) is 0 Å². The maximum absolute atomic E-state index is 13.5. The Kier molecular flexibility index (Phi) is 4.71. The van der Waals surface area contributed by atoms with Crippen LogP contribution in [0.2, 0.25) is 5.15 Å². The van der Waals surface area contributed by atoms with E-state index in [1.165, 1.54) is 9.25 Å². The second kappa shape index (κ2) is 7.03. The van der Waals surface area contributed by atoms with E-state index >= 15 is 0 Å². The molecule has 3 unspecified atom stereocenters. The molecule has 2 aliphatic heterocycles. The summed E-state index contributed by atoms with van der Waals surface area (Å²) in [7, 11) is 0. The number of carbonyl (C=O) groups excluding carboxylic acids is 1. The molecule has 1 fully saturated rings. The third kappa shape index (κ3) is 3.36. The molecule has 4 heterocycles. The van der Waals surface area contributed by atoms with Gasteiger partial charge in [0.1, 0.15) is 17.0 Å². The maximum atomic E-state index is 13.5. The molecule has 0 aromatic carbocycles. The van der Waals surface area contributed by atoms with Crippen molar-refractivity contribution in [2.45, 2.75) is 44.2 Å². The number of carbonyl (C=O) groups is 1. The highest BCUT2D eigenvalue weighted by atomic mass is 35.5. The number of aromatic nitrogens is 4. The van der Waals surface area contributed by atoms with Gasteiger partial charge in [-0.3, -0.25) is 9.36 Å². The van der Waals surface area contributed by atoms with E-state index in [1.54, 1.807) is 18.2 Å². The van der Waals surface area contributed by atoms with E-state index in [1.807, 2.05) is 0 Å². The molecule has 1 saturated heterocycles. The number of aryl methyl sites for hydroxylation is 1. The highest BCUT2D eigenvalue weighted by Crippen LogP contribution is 2.27. The Bertz CT molecular complexity index is 920. The molecule has 3 atom stereocenters. The fourth-order valence-corrected chi connectivity index (χ4v) is 3.86. The number of hydrogen-bond donors (Lipinski definition) is 0. The number of amides is 1. The Labute approximate surface area is 158 Å². The summed E-state index contributed by atoms with van der Waals surface area (Å²) in [6, 6.07) is 4.31. The van der Waals surface area contributed by atoms with E-state index in [-0.39, 0.29) is 19.6 Å². The third-order valence-electron chi connectivity index (χ3n) is 4.99. The first-order chi connectivity index (χ1) is 12.9. The van der Waals surface area contributed by atoms with Crippen LogP contribution in [0.1, 0.15) is 30.4 Å². The summed E-state index contributed by atoms with van der Waals surface area (Å²) in [6.45, 7) is -0.425. The van der Waals surface area contributed by atoms with Gasteiger partial charge in [0.05, 0.1) is 25.3 Å². The average molecular weight is 398 g/mol. The predicted octanol–water partition coefficient (Wildman–Crippen LogP) is 1.54. The highest BCUT2D eigenvalue weighted by Gasteiger charge is 2.40. The topological polar surface area (TPSA) is 73.0 Å². The lowest BCUT2D eigenvalue weighted by Gasteiger charge is -2.26. The zero-order valence-corrected chi connectivity index (χ0v) is 15.1. The van der Waals surface area contributed by atoms with Gasteiger partial charge in [0.2, 0.25) is 5.91 Å². The maximum Gasteiger partial charge on any atom is 0.347 e. The average Bonchev–Trinajstić information content (AvgIpc) is 3.14. The number of pyridine rings is 1. The Hall–Kier alpha value is -2.29. The van der Waals surface area contributed by atoms with Crippen molar-refractivity contribution in [3.63, 3.8) is 0 Å². The van der Waals surface area contributed by atoms with Crippen molar-refractivity contribution in [2.24, 2.45) is 0 Å². The minimum Gasteiger partial charge on any atom is -0.335 e. The van der Waals surface area contributed by atoms with Gasteiger partial charge >= 0.3 is 5.69 Å². The van der Waals surface area contributed by atoms with E-state index in [2.05, 4.69) is 10.1 Å². The number of fused-ring (bicyclic) bond motifs is 1. The monoisotopic (exact) mass is 397 g/mol. The zero-order valence-electron chi connectivity index (χ0n) is 14.4. The second-order valence-electron chi connectivity index (χ2n) is 6.86. The minimum absolute atomic E-state index is 0.128. The smallest absolute Gasteiger partial charge is 0.335 e. The van der Waals surface area contributed by atoms with Crippen LogP contribution in [0.4, 0.5) is 8.78 Å². The quantitative estimate of drug-likeness (QED) is 0.736. The van der Waals surface area contributed by atoms with E-state index < -0.39 is 30.0 Å². The van der Waals surface area contributed by atoms with E-state index in [0.29, 0.717) is 35.9 Å². The molecule has 7 nitrogen and oxygen atoms in total. The lowest BCUT2D eigenvalue weighted by Crippen LogP contribution is -2.42. The van der Waals surface area contributed by atoms with E-state index in [0.717, 1.165) is 4.90 Å². The largest absolute Gasteiger partial charge is 0.347 e. The first kappa shape index (κ1) is 18.1. The van der Waals surface area contributed by atoms with Crippen LogP contribution in [0.15, 0.2) is 23.0 Å². The summed E-state index contributed by atoms with van der Waals surface area (Å²) in [6.07, 6.45) is -1.67. The zero-order chi connectivity index (χ0) is 19.1. The summed E-state index contributed by atoms with van der Waals surface area (Å²) in [5, 5.41) is 4.64. The van der Waals surface area contributed by atoms with Gasteiger partial charge < -0.3 is 4.90 Å². The summed E-state index contributed by atoms with van der Waals surface area (Å²) < 4.78 is 29.6. The molecule has 0 N–H and O–H groups in total. The molecular weight excluding hydrogens is 380 g/mol. The van der Waals surface area contributed by atoms with Gasteiger partial charge in [-0.15, -0.1) is 0 Å². The van der Waals surface area contributed by atoms with Crippen LogP contribution in [0, 0.1) is 0 Å². The van der Waals surface area contributed by atoms with Crippen LogP contribution in [0.3, 0.4) is 0 Å². The van der Waals surface area contributed by atoms with Crippen LogP contribution < -0.4 is 5.69 Å². The predicted molar refractivity (Wildman–Crippen MR) is 93.2 cm³/mol. The van der Waals surface area contributed by atoms with Gasteiger partial charge in [0.25, 0.3) is 0 Å². The Morgan fingerprint density at radius 1 is 1.26 bits per heavy atom. The molecule has 27 heavy (non-hydrogen) atoms. The fraction of sp³-hybridized carbons (Fsp3) is 0.529. The SMILES string of the molecule is O=C(C1CCCc2nn(Cc3cccc(Cl)n3)c(=O)n21)N1CC(F)C(F)C1. The molecule has 0 spiro atoms. The second-order valence-corrected chi connectivity index (χ2v) is 7.25. The summed E-state index contributed by atoms with van der Waals surface area (Å²) in [4.78, 5) is 30.9. The summed E-state index contributed by atoms with van der Waals surface area (Å²) in [5.41, 5.74) is 0.139. The molecule has 0 aliphatic carbocycles. The van der Waals surface area contributed by atoms with Crippen molar-refractivity contribution < 1.29 is 13.6 Å². The van der Waals surface area contributed by atoms with Gasteiger partial charge in [-0.2, -0.15) is 5.10 Å². The molecule has 0 saturated carbocycles. The number of likely N-dealkylation sites (tertiary alicyclic amines) is 1. The lowest BCUT2D eigenvalue weighted by molar-refractivity contribution is -0.134. The van der Waals surface area contributed by atoms with E-state index in [4.69, 9.17) is 11.6 Å². The summed E-state index contributed by atoms with van der Waals surface area (Å²) >= 11 is 5.88. The molecule has 2 aromatic heterocycles. The molecule has 2 aromatic rings. The number of rotatable bonds is 3. The number of hydrogen-bond acceptors (Lipinski definition) is 4. The molecule has 1 amide bonds. The molecule has 0 radical (unpaired) electrons. The molecule has 4 rings (SSSR count). The standard InChI is InChI=1S/C17H18ClF2N5O2/c18-14-5-1-3-10(21-14)7-24-17(27)25-13(4-2-6-15(25)22-24)16(26)23-8-11(19)12(20)9-23/h1,3,5,11-13H,2,4,6-9H2. The first-order valence-electron chi connectivity index (χ1n) is 8.80. The van der Waals surface area contributed by atoms with Gasteiger partial charge in [-0.25, -0.2) is 23.2 Å². The van der Waals surface area contributed by atoms with Crippen molar-refractivity contribution in [3.8, 4) is 0 Å². The molecule has 10 heteroatoms. The van der Waals surface area contributed by atoms with Gasteiger partial charge in [0.15, 0.2) is 12.3 Å². The van der Waals surface area contributed by atoms with Crippen molar-refractivity contribution in [1.82, 2.24) is 24.2 Å². The number of nitrogens with zero attached hydrogens (tertiary/aromatic N) is 5. The molecular formula is C17H18ClF2N5O2. The van der Waals surface area contributed by atoms with Gasteiger partial charge in [-0.05, 0) is 25.0 Å². The Morgan fingerprint density at radius 3 is 2.70 bits per heavy atom. The van der Waals surface area contributed by atoms with Crippen LogP contribution >= 0.6 is 11.6 Å². The number of alkyl halides is 2. The molecule has 0 bridgehead atoms. The summed E-state index contributed by atoms with van der Waals surface area (Å²) in [5.74, 6) is 0.0701. The van der Waals surface area contributed by atoms with Crippen LogP contribution in [-0.2, 0) is 17.8 Å². The Morgan fingerprint density at radius 2 is 2.00 bits per heavy atom. The van der Waals surface area contributed by atoms with Crippen LogP contribution in [-0.4, -0.2) is 55.6 Å². The fourth-order valence-electron chi connectivity index (χ4n) is 3.68. The number of halogens is 3.